The highest BCUT2D eigenvalue weighted by Gasteiger charge is 2.67. The summed E-state index contributed by atoms with van der Waals surface area (Å²) in [6, 6.07) is 0. The van der Waals surface area contributed by atoms with Gasteiger partial charge in [-0.15, -0.1) is 0 Å². The Morgan fingerprint density at radius 2 is 0.506 bits per heavy atom. The Labute approximate surface area is 473 Å². The summed E-state index contributed by atoms with van der Waals surface area (Å²) in [6.45, 7) is 28.6. The Bertz CT molecular complexity index is 1170. The Morgan fingerprint density at radius 3 is 0.714 bits per heavy atom. The van der Waals surface area contributed by atoms with E-state index in [0.29, 0.717) is 91.8 Å². The molecule has 0 rings (SSSR count). The molecular formula is C63H124O14. The monoisotopic (exact) mass is 1100 g/mol. The maximum absolute atomic E-state index is 14.4. The summed E-state index contributed by atoms with van der Waals surface area (Å²) >= 11 is 0. The Balaban J connectivity index is 6.86. The van der Waals surface area contributed by atoms with Gasteiger partial charge in [0.05, 0.1) is 52.9 Å². The molecule has 14 nitrogen and oxygen atoms in total. The van der Waals surface area contributed by atoms with Gasteiger partial charge < -0.3 is 56.8 Å². The van der Waals surface area contributed by atoms with Crippen molar-refractivity contribution < 1.29 is 66.4 Å². The van der Waals surface area contributed by atoms with Crippen molar-refractivity contribution in [1.29, 1.82) is 0 Å². The van der Waals surface area contributed by atoms with Crippen LogP contribution in [0.5, 0.6) is 0 Å². The molecule has 0 aromatic rings. The largest absolute Gasteiger partial charge is 0.403 e. The highest BCUT2D eigenvalue weighted by Crippen LogP contribution is 2.43. The second kappa shape index (κ2) is 50.3. The molecule has 77 heavy (non-hydrogen) atoms. The highest BCUT2D eigenvalue weighted by atomic mass is 16.9. The van der Waals surface area contributed by atoms with Gasteiger partial charge in [-0.25, -0.2) is 0 Å². The van der Waals surface area contributed by atoms with Gasteiger partial charge in [0, 0.05) is 26.1 Å². The van der Waals surface area contributed by atoms with E-state index in [4.69, 9.17) is 56.8 Å². The molecule has 0 aromatic heterocycles. The number of esters is 2. The molecule has 0 heterocycles. The predicted molar refractivity (Wildman–Crippen MR) is 311 cm³/mol. The maximum Gasteiger partial charge on any atom is 0.389 e. The van der Waals surface area contributed by atoms with Crippen LogP contribution >= 0.6 is 0 Å². The van der Waals surface area contributed by atoms with Crippen LogP contribution in [-0.2, 0) is 66.4 Å². The lowest BCUT2D eigenvalue weighted by molar-refractivity contribution is -0.502. The van der Waals surface area contributed by atoms with E-state index in [9.17, 15) is 9.59 Å². The zero-order valence-corrected chi connectivity index (χ0v) is 52.3. The van der Waals surface area contributed by atoms with Gasteiger partial charge in [0.15, 0.2) is 0 Å². The molecule has 14 heteroatoms. The van der Waals surface area contributed by atoms with Crippen molar-refractivity contribution in [3.05, 3.63) is 0 Å². The lowest BCUT2D eigenvalue weighted by Crippen LogP contribution is -2.69. The van der Waals surface area contributed by atoms with Gasteiger partial charge in [0.1, 0.15) is 12.2 Å². The van der Waals surface area contributed by atoms with E-state index in [-0.39, 0.29) is 12.8 Å². The SMILES string of the molecule is CCCCCOC(OCCCCC)(OC(=O)CCCCCCCC(=O)OC(OCCCCC)(OCCCCC)C(OCCCCC)(OCCCCC)C(CC)OCC)C(OCCCCC)(OCCCCC)C(CC)OCC. The zero-order valence-electron chi connectivity index (χ0n) is 52.3. The Hall–Kier alpha value is -1.46. The molecule has 0 saturated carbocycles. The van der Waals surface area contributed by atoms with Crippen LogP contribution in [0.15, 0.2) is 0 Å². The van der Waals surface area contributed by atoms with Crippen LogP contribution in [0, 0.1) is 0 Å². The number of rotatable bonds is 60. The van der Waals surface area contributed by atoms with Crippen molar-refractivity contribution in [2.24, 2.45) is 0 Å². The number of carbonyl (C=O) groups excluding carboxylic acids is 2. The van der Waals surface area contributed by atoms with E-state index in [1.54, 1.807) is 0 Å². The average molecular weight is 1110 g/mol. The molecule has 0 aromatic carbocycles. The second-order valence-corrected chi connectivity index (χ2v) is 20.8. The third kappa shape index (κ3) is 29.9. The molecule has 0 N–H and O–H groups in total. The summed E-state index contributed by atoms with van der Waals surface area (Å²) < 4.78 is 81.1. The summed E-state index contributed by atoms with van der Waals surface area (Å²) in [5.74, 6) is -8.27. The van der Waals surface area contributed by atoms with Crippen LogP contribution in [0.2, 0.25) is 0 Å². The Kier molecular flexibility index (Phi) is 49.3. The van der Waals surface area contributed by atoms with Crippen molar-refractivity contribution in [3.8, 4) is 0 Å². The lowest BCUT2D eigenvalue weighted by atomic mass is 10.0. The first kappa shape index (κ1) is 75.5. The van der Waals surface area contributed by atoms with Crippen LogP contribution in [0.4, 0.5) is 0 Å². The van der Waals surface area contributed by atoms with E-state index < -0.39 is 47.7 Å². The topological polar surface area (TPSA) is 145 Å². The third-order valence-corrected chi connectivity index (χ3v) is 13.9. The molecule has 0 aliphatic carbocycles. The molecule has 460 valence electrons. The van der Waals surface area contributed by atoms with Crippen molar-refractivity contribution in [2.75, 3.05) is 66.1 Å². The quantitative estimate of drug-likeness (QED) is 0.0323. The third-order valence-electron chi connectivity index (χ3n) is 13.9. The van der Waals surface area contributed by atoms with Gasteiger partial charge in [-0.05, 0) is 90.9 Å². The fourth-order valence-corrected chi connectivity index (χ4v) is 9.35. The van der Waals surface area contributed by atoms with Crippen LogP contribution in [0.3, 0.4) is 0 Å². The summed E-state index contributed by atoms with van der Waals surface area (Å²) in [6.07, 6.45) is 25.3. The first-order valence-electron chi connectivity index (χ1n) is 32.3. The molecule has 0 spiro atoms. The molecule has 0 radical (unpaired) electrons. The second-order valence-electron chi connectivity index (χ2n) is 20.8. The number of ether oxygens (including phenoxy) is 12. The zero-order chi connectivity index (χ0) is 57.2. The van der Waals surface area contributed by atoms with Gasteiger partial charge in [0.25, 0.3) is 11.6 Å². The molecular weight excluding hydrogens is 981 g/mol. The summed E-state index contributed by atoms with van der Waals surface area (Å²) in [5, 5.41) is 0. The van der Waals surface area contributed by atoms with Crippen molar-refractivity contribution in [2.45, 2.75) is 331 Å². The van der Waals surface area contributed by atoms with Crippen LogP contribution < -0.4 is 0 Å². The fraction of sp³-hybridized carbons (Fsp3) is 0.968. The van der Waals surface area contributed by atoms with E-state index in [1.807, 2.05) is 27.7 Å². The van der Waals surface area contributed by atoms with Gasteiger partial charge in [-0.1, -0.05) is 191 Å². The smallest absolute Gasteiger partial charge is 0.389 e. The Morgan fingerprint density at radius 1 is 0.286 bits per heavy atom. The predicted octanol–water partition coefficient (Wildman–Crippen LogP) is 16.8. The van der Waals surface area contributed by atoms with Gasteiger partial charge >= 0.3 is 23.9 Å². The van der Waals surface area contributed by atoms with E-state index in [2.05, 4.69) is 55.4 Å². The normalized spacial score (nSPS) is 13.4. The number of hydrogen-bond acceptors (Lipinski definition) is 14. The summed E-state index contributed by atoms with van der Waals surface area (Å²) in [4.78, 5) is 28.8. The molecule has 2 atom stereocenters. The van der Waals surface area contributed by atoms with E-state index in [0.717, 1.165) is 173 Å². The molecule has 0 amide bonds. The van der Waals surface area contributed by atoms with E-state index >= 15 is 0 Å². The lowest BCUT2D eigenvalue weighted by Gasteiger charge is -2.49. The molecule has 0 saturated heterocycles. The van der Waals surface area contributed by atoms with Crippen LogP contribution in [0.1, 0.15) is 295 Å². The van der Waals surface area contributed by atoms with Gasteiger partial charge in [-0.3, -0.25) is 9.59 Å². The number of hydrogen-bond donors (Lipinski definition) is 0. The molecule has 0 bridgehead atoms. The minimum atomic E-state index is -2.01. The van der Waals surface area contributed by atoms with Crippen LogP contribution in [-0.4, -0.2) is 114 Å². The minimum Gasteiger partial charge on any atom is -0.403 e. The first-order valence-corrected chi connectivity index (χ1v) is 32.3. The number of carbonyl (C=O) groups is 2. The molecule has 2 unspecified atom stereocenters. The standard InChI is InChI=1S/C63H124O14/c1-13-25-38-48-68-60(56(21-9)66-23-11,69-49-39-26-14-2)62(72-52-42-29-17-5,73-53-43-30-18-6)76-58(64)46-36-34-33-35-37-47-59(65)77-63(74-54-44-31-19-7,75-55-45-32-20-8)61(57(22-10)67-24-12,70-50-40-27-15-3)71-51-41-28-16-4/h56-57H,13-55H2,1-12H3. The van der Waals surface area contributed by atoms with Gasteiger partial charge in [-0.2, -0.15) is 0 Å². The molecule has 0 aliphatic heterocycles. The summed E-state index contributed by atoms with van der Waals surface area (Å²) in [7, 11) is 0. The molecule has 0 aliphatic rings. The minimum absolute atomic E-state index is 0.137. The summed E-state index contributed by atoms with van der Waals surface area (Å²) in [5.41, 5.74) is 0. The van der Waals surface area contributed by atoms with Crippen molar-refractivity contribution in [3.63, 3.8) is 0 Å². The fourth-order valence-electron chi connectivity index (χ4n) is 9.35. The van der Waals surface area contributed by atoms with Gasteiger partial charge in [0.2, 0.25) is 0 Å². The highest BCUT2D eigenvalue weighted by molar-refractivity contribution is 5.70. The first-order chi connectivity index (χ1) is 37.5. The average Bonchev–Trinajstić information content (AvgIpc) is 3.43. The number of unbranched alkanes of at least 4 members (excludes halogenated alkanes) is 20. The van der Waals surface area contributed by atoms with Crippen LogP contribution in [0.25, 0.3) is 0 Å². The van der Waals surface area contributed by atoms with E-state index in [1.165, 1.54) is 0 Å². The maximum atomic E-state index is 14.4. The van der Waals surface area contributed by atoms with Crippen molar-refractivity contribution >= 4 is 11.9 Å². The molecule has 0 fully saturated rings. The van der Waals surface area contributed by atoms with Crippen molar-refractivity contribution in [1.82, 2.24) is 0 Å².